The molecule has 4 fully saturated rings. The number of cyclic esters (lactones) is 2. The molecule has 9 atom stereocenters. The first-order chi connectivity index (χ1) is 16.8. The molecule has 1 aromatic heterocycles. The number of allylic oxidation sites excluding steroid dienone is 1. The van der Waals surface area contributed by atoms with Crippen molar-refractivity contribution in [2.24, 2.45) is 28.1 Å². The van der Waals surface area contributed by atoms with Crippen LogP contribution in [0.5, 0.6) is 0 Å². The zero-order chi connectivity index (χ0) is 25.9. The molecule has 0 bridgehead atoms. The van der Waals surface area contributed by atoms with E-state index in [-0.39, 0.29) is 23.8 Å². The molecule has 1 spiro atoms. The van der Waals surface area contributed by atoms with Gasteiger partial charge in [0.05, 0.1) is 12.5 Å². The molecule has 0 radical (unpaired) electrons. The Bertz CT molecular complexity index is 1170. The van der Waals surface area contributed by atoms with E-state index < -0.39 is 51.7 Å². The molecule has 2 saturated carbocycles. The smallest absolute Gasteiger partial charge is 0.339 e. The summed E-state index contributed by atoms with van der Waals surface area (Å²) in [6.07, 6.45) is 6.89. The van der Waals surface area contributed by atoms with E-state index in [4.69, 9.17) is 23.4 Å². The maximum atomic E-state index is 13.3. The van der Waals surface area contributed by atoms with Crippen LogP contribution in [-0.2, 0) is 33.3 Å². The standard InChI is InChI=1S/C28H34O8/c1-15(29)33-19-13-18-24(2,3)35-20(30)8-10-25(18,4)17-7-11-26(5)21(16-9-12-32-14-16)34-23(31)22-28(26,36-22)27(17,19)6/h8-10,12,14,17-19,21-22H,7,11,13H2,1-6H3/t17-,18+,19-,21-,22-,25-,26+,27+,28-/m1/s1. The summed E-state index contributed by atoms with van der Waals surface area (Å²) < 4.78 is 29.8. The van der Waals surface area contributed by atoms with Crippen LogP contribution >= 0.6 is 0 Å². The van der Waals surface area contributed by atoms with Crippen LogP contribution in [0, 0.1) is 28.1 Å². The number of hydrogen-bond donors (Lipinski definition) is 0. The number of carbonyl (C=O) groups excluding carboxylic acids is 3. The molecule has 0 N–H and O–H groups in total. The summed E-state index contributed by atoms with van der Waals surface area (Å²) in [5.74, 6) is -1.31. The molecule has 194 valence electrons. The molecule has 6 rings (SSSR count). The number of hydrogen-bond acceptors (Lipinski definition) is 8. The number of ether oxygens (including phenoxy) is 4. The molecule has 36 heavy (non-hydrogen) atoms. The summed E-state index contributed by atoms with van der Waals surface area (Å²) in [4.78, 5) is 38.3. The average Bonchev–Trinajstić information content (AvgIpc) is 3.38. The molecule has 3 aliphatic heterocycles. The van der Waals surface area contributed by atoms with Crippen LogP contribution in [0.1, 0.15) is 72.5 Å². The topological polar surface area (TPSA) is 105 Å². The summed E-state index contributed by atoms with van der Waals surface area (Å²) in [6.45, 7) is 11.7. The Hall–Kier alpha value is -2.61. The molecule has 5 aliphatic rings. The Morgan fingerprint density at radius 3 is 2.50 bits per heavy atom. The van der Waals surface area contributed by atoms with Crippen LogP contribution in [0.25, 0.3) is 0 Å². The molecule has 4 heterocycles. The summed E-state index contributed by atoms with van der Waals surface area (Å²) in [5.41, 5.74) is -2.64. The van der Waals surface area contributed by atoms with E-state index in [9.17, 15) is 14.4 Å². The molecule has 1 aromatic rings. The number of carbonyl (C=O) groups is 3. The van der Waals surface area contributed by atoms with Crippen LogP contribution in [0.4, 0.5) is 0 Å². The van der Waals surface area contributed by atoms with Gasteiger partial charge < -0.3 is 23.4 Å². The fourth-order valence-electron chi connectivity index (χ4n) is 9.13. The summed E-state index contributed by atoms with van der Waals surface area (Å²) >= 11 is 0. The van der Waals surface area contributed by atoms with Crippen molar-refractivity contribution in [1.82, 2.24) is 0 Å². The van der Waals surface area contributed by atoms with Crippen molar-refractivity contribution in [3.63, 3.8) is 0 Å². The number of epoxide rings is 1. The zero-order valence-electron chi connectivity index (χ0n) is 21.7. The van der Waals surface area contributed by atoms with Gasteiger partial charge in [-0.3, -0.25) is 4.79 Å². The first-order valence-corrected chi connectivity index (χ1v) is 12.8. The summed E-state index contributed by atoms with van der Waals surface area (Å²) in [7, 11) is 0. The molecular weight excluding hydrogens is 464 g/mol. The first-order valence-electron chi connectivity index (χ1n) is 12.8. The second-order valence-corrected chi connectivity index (χ2v) is 12.5. The SMILES string of the molecule is CC(=O)O[C@@H]1C[C@H]2C(C)(C)OC(=O)C=C[C@]2(C)[C@H]2CC[C@@]3(C)[C@@H](c4ccoc4)OC(=O)[C@H]4O[C@]43[C@@]21C. The molecule has 0 amide bonds. The van der Waals surface area contributed by atoms with Crippen LogP contribution in [0.15, 0.2) is 35.2 Å². The van der Waals surface area contributed by atoms with Gasteiger partial charge in [0.25, 0.3) is 0 Å². The highest BCUT2D eigenvalue weighted by atomic mass is 16.7. The van der Waals surface area contributed by atoms with E-state index >= 15 is 0 Å². The van der Waals surface area contributed by atoms with Crippen LogP contribution in [-0.4, -0.2) is 41.3 Å². The largest absolute Gasteiger partial charge is 0.472 e. The van der Waals surface area contributed by atoms with Crippen molar-refractivity contribution in [3.8, 4) is 0 Å². The molecule has 0 unspecified atom stereocenters. The summed E-state index contributed by atoms with van der Waals surface area (Å²) in [6, 6.07) is 1.83. The average molecular weight is 499 g/mol. The fourth-order valence-corrected chi connectivity index (χ4v) is 9.13. The third-order valence-corrected chi connectivity index (χ3v) is 10.5. The fraction of sp³-hybridized carbons (Fsp3) is 0.679. The molecule has 8 nitrogen and oxygen atoms in total. The number of rotatable bonds is 2. The van der Waals surface area contributed by atoms with Gasteiger partial charge in [0.2, 0.25) is 0 Å². The van der Waals surface area contributed by atoms with Crippen molar-refractivity contribution in [1.29, 1.82) is 0 Å². The number of esters is 3. The van der Waals surface area contributed by atoms with Crippen LogP contribution in [0.3, 0.4) is 0 Å². The highest BCUT2D eigenvalue weighted by molar-refractivity contribution is 5.83. The minimum atomic E-state index is -0.899. The molecule has 8 heteroatoms. The Morgan fingerprint density at radius 2 is 1.83 bits per heavy atom. The molecular formula is C28H34O8. The van der Waals surface area contributed by atoms with E-state index in [0.717, 1.165) is 18.4 Å². The van der Waals surface area contributed by atoms with Gasteiger partial charge in [0.1, 0.15) is 23.4 Å². The first kappa shape index (κ1) is 23.8. The third kappa shape index (κ3) is 2.66. The van der Waals surface area contributed by atoms with Crippen molar-refractivity contribution in [3.05, 3.63) is 36.3 Å². The van der Waals surface area contributed by atoms with E-state index in [2.05, 4.69) is 20.8 Å². The van der Waals surface area contributed by atoms with Crippen LogP contribution in [0.2, 0.25) is 0 Å². The molecule has 2 saturated heterocycles. The Balaban J connectivity index is 1.55. The molecule has 2 aliphatic carbocycles. The quantitative estimate of drug-likeness (QED) is 0.338. The Kier molecular flexibility index (Phi) is 4.64. The normalized spacial score (nSPS) is 48.2. The summed E-state index contributed by atoms with van der Waals surface area (Å²) in [5, 5.41) is 0. The van der Waals surface area contributed by atoms with Gasteiger partial charge in [-0.25, -0.2) is 9.59 Å². The second kappa shape index (κ2) is 7.03. The van der Waals surface area contributed by atoms with E-state index in [1.54, 1.807) is 12.5 Å². The van der Waals surface area contributed by atoms with E-state index in [0.29, 0.717) is 6.42 Å². The highest BCUT2D eigenvalue weighted by Crippen LogP contribution is 2.79. The maximum absolute atomic E-state index is 13.3. The lowest BCUT2D eigenvalue weighted by Crippen LogP contribution is -2.72. The molecule has 0 aromatic carbocycles. The zero-order valence-corrected chi connectivity index (χ0v) is 21.7. The van der Waals surface area contributed by atoms with Crippen molar-refractivity contribution < 1.29 is 37.7 Å². The van der Waals surface area contributed by atoms with Gasteiger partial charge in [-0.1, -0.05) is 26.8 Å². The van der Waals surface area contributed by atoms with E-state index in [1.807, 2.05) is 26.0 Å². The van der Waals surface area contributed by atoms with Gasteiger partial charge >= 0.3 is 17.9 Å². The predicted octanol–water partition coefficient (Wildman–Crippen LogP) is 4.29. The van der Waals surface area contributed by atoms with Gasteiger partial charge in [0, 0.05) is 35.3 Å². The predicted molar refractivity (Wildman–Crippen MR) is 125 cm³/mol. The van der Waals surface area contributed by atoms with Crippen LogP contribution < -0.4 is 0 Å². The lowest BCUT2D eigenvalue weighted by Gasteiger charge is -2.67. The van der Waals surface area contributed by atoms with Gasteiger partial charge in [-0.15, -0.1) is 0 Å². The second-order valence-electron chi connectivity index (χ2n) is 12.5. The lowest BCUT2D eigenvalue weighted by molar-refractivity contribution is -0.257. The monoisotopic (exact) mass is 498 g/mol. The van der Waals surface area contributed by atoms with Gasteiger partial charge in [-0.05, 0) is 50.5 Å². The minimum Gasteiger partial charge on any atom is -0.472 e. The van der Waals surface area contributed by atoms with E-state index in [1.165, 1.54) is 13.0 Å². The minimum absolute atomic E-state index is 0.0490. The Morgan fingerprint density at radius 1 is 1.08 bits per heavy atom. The van der Waals surface area contributed by atoms with Crippen molar-refractivity contribution in [2.45, 2.75) is 90.3 Å². The van der Waals surface area contributed by atoms with Gasteiger partial charge in [0.15, 0.2) is 6.10 Å². The highest BCUT2D eigenvalue weighted by Gasteiger charge is 2.88. The van der Waals surface area contributed by atoms with Crippen molar-refractivity contribution >= 4 is 17.9 Å². The van der Waals surface area contributed by atoms with Gasteiger partial charge in [-0.2, -0.15) is 0 Å². The Labute approximate surface area is 210 Å². The number of furan rings is 1. The lowest BCUT2D eigenvalue weighted by atomic mass is 9.37. The van der Waals surface area contributed by atoms with Crippen molar-refractivity contribution in [2.75, 3.05) is 0 Å². The third-order valence-electron chi connectivity index (χ3n) is 10.5. The maximum Gasteiger partial charge on any atom is 0.339 e. The number of fused-ring (bicyclic) bond motifs is 3.